The van der Waals surface area contributed by atoms with Crippen molar-refractivity contribution in [2.24, 2.45) is 5.92 Å². The van der Waals surface area contributed by atoms with E-state index in [0.717, 1.165) is 0 Å². The molecule has 1 unspecified atom stereocenters. The number of hydrogen-bond acceptors (Lipinski definition) is 0. The number of allylic oxidation sites excluding steroid dienone is 4. The molecule has 6 rings (SSSR count). The fraction of sp³-hybridized carbons (Fsp3) is 0.341. The minimum absolute atomic E-state index is 0. The summed E-state index contributed by atoms with van der Waals surface area (Å²) in [6, 6.07) is 38.1. The van der Waals surface area contributed by atoms with Crippen LogP contribution in [0.1, 0.15) is 92.4 Å². The Labute approximate surface area is 312 Å². The number of fused-ring (bicyclic) bond motifs is 3. The van der Waals surface area contributed by atoms with E-state index in [4.69, 9.17) is 0 Å². The zero-order valence-electron chi connectivity index (χ0n) is 30.7. The van der Waals surface area contributed by atoms with Gasteiger partial charge in [-0.05, 0) is 0 Å². The molecule has 0 heterocycles. The SMILES string of the molecule is CC1=[C]([Zr+2](=[C](c2ccc(C(C)(C)C)cc2)c2ccc(C(C)(C)C)cc2)[CH]2c3ccccc3-c3ccccc32)C(C)C=C1[Si](C)(C)C.[Cl-].[Cl-]. The largest absolute Gasteiger partial charge is 1.00 e. The summed E-state index contributed by atoms with van der Waals surface area (Å²) in [4.78, 5) is 0. The third-order valence-electron chi connectivity index (χ3n) is 10.2. The summed E-state index contributed by atoms with van der Waals surface area (Å²) < 4.78 is 3.87. The zero-order valence-corrected chi connectivity index (χ0v) is 35.7. The van der Waals surface area contributed by atoms with Crippen molar-refractivity contribution in [3.63, 3.8) is 0 Å². The quantitative estimate of drug-likeness (QED) is 0.220. The number of hydrogen-bond donors (Lipinski definition) is 0. The summed E-state index contributed by atoms with van der Waals surface area (Å²) in [5.41, 5.74) is 13.5. The van der Waals surface area contributed by atoms with Crippen molar-refractivity contribution in [1.29, 1.82) is 0 Å². The summed E-state index contributed by atoms with van der Waals surface area (Å²) in [7, 11) is -1.52. The van der Waals surface area contributed by atoms with E-state index in [1.807, 2.05) is 0 Å². The molecule has 0 saturated carbocycles. The molecule has 1 atom stereocenters. The fourth-order valence-electron chi connectivity index (χ4n) is 7.86. The van der Waals surface area contributed by atoms with E-state index in [-0.39, 0.29) is 35.6 Å². The van der Waals surface area contributed by atoms with Crippen LogP contribution in [0, 0.1) is 5.92 Å². The van der Waals surface area contributed by atoms with Gasteiger partial charge < -0.3 is 24.8 Å². The second kappa shape index (κ2) is 14.3. The molecule has 0 bridgehead atoms. The zero-order chi connectivity index (χ0) is 33.2. The van der Waals surface area contributed by atoms with E-state index in [1.165, 1.54) is 33.4 Å². The van der Waals surface area contributed by atoms with Crippen LogP contribution in [0.5, 0.6) is 0 Å². The summed E-state index contributed by atoms with van der Waals surface area (Å²) in [6.07, 6.45) is 2.67. The van der Waals surface area contributed by atoms with Crippen LogP contribution in [-0.2, 0) is 32.1 Å². The topological polar surface area (TPSA) is 0 Å². The minimum Gasteiger partial charge on any atom is -1.00 e. The summed E-state index contributed by atoms with van der Waals surface area (Å²) in [6.45, 7) is 26.5. The Bertz CT molecular complexity index is 1780. The minimum atomic E-state index is -2.85. The van der Waals surface area contributed by atoms with Gasteiger partial charge in [0.1, 0.15) is 0 Å². The van der Waals surface area contributed by atoms with Gasteiger partial charge >= 0.3 is 290 Å². The second-order valence-electron chi connectivity index (χ2n) is 16.7. The van der Waals surface area contributed by atoms with Gasteiger partial charge in [0, 0.05) is 0 Å². The Hall–Kier alpha value is -2.09. The molecular weight excluding hydrogens is 719 g/mol. The summed E-state index contributed by atoms with van der Waals surface area (Å²) in [5, 5.41) is 1.68. The van der Waals surface area contributed by atoms with E-state index in [2.05, 4.69) is 178 Å². The van der Waals surface area contributed by atoms with Crippen molar-refractivity contribution >= 4 is 11.3 Å². The average Bonchev–Trinajstić information content (AvgIpc) is 3.49. The van der Waals surface area contributed by atoms with Gasteiger partial charge in [-0.1, -0.05) is 0 Å². The Morgan fingerprint density at radius 3 is 1.35 bits per heavy atom. The van der Waals surface area contributed by atoms with E-state index >= 15 is 0 Å². The first kappa shape index (κ1) is 38.7. The van der Waals surface area contributed by atoms with Crippen molar-refractivity contribution in [1.82, 2.24) is 0 Å². The maximum absolute atomic E-state index is 2.85. The molecule has 0 N–H and O–H groups in total. The fourth-order valence-corrected chi connectivity index (χ4v) is 20.2. The number of halogens is 2. The normalized spacial score (nSPS) is 15.9. The Morgan fingerprint density at radius 2 is 1.00 bits per heavy atom. The summed E-state index contributed by atoms with van der Waals surface area (Å²) >= 11 is -2.85. The molecule has 48 heavy (non-hydrogen) atoms. The van der Waals surface area contributed by atoms with Gasteiger partial charge in [0.05, 0.1) is 0 Å². The first-order chi connectivity index (χ1) is 21.6. The molecule has 0 spiro atoms. The predicted molar refractivity (Wildman–Crippen MR) is 201 cm³/mol. The maximum Gasteiger partial charge on any atom is -1.00 e. The standard InChI is InChI=1S/C21H26.C13H9.C10H17Si.2ClH.Zr/c1-20(2,3)18-11-7-16(8-12-18)15-17-9-13-19(14-10-17)21(4,5)6;1-3-7-12-10(5-1)9-11-6-2-4-8-13(11)12;1-8-6-9(2)10(7-8)11(3,4)5;;;/h7-14H,1-6H3;1-9H;7-8H,1-5H3;2*1H;/q;;;;;+2/p-2. The van der Waals surface area contributed by atoms with Gasteiger partial charge in [-0.15, -0.1) is 0 Å². The molecule has 0 radical (unpaired) electrons. The molecule has 4 aromatic carbocycles. The molecule has 0 fully saturated rings. The molecule has 0 aromatic heterocycles. The molecule has 0 saturated heterocycles. The van der Waals surface area contributed by atoms with Crippen LogP contribution in [-0.4, -0.2) is 11.3 Å². The first-order valence-electron chi connectivity index (χ1n) is 17.2. The molecule has 0 nitrogen and oxygen atoms in total. The molecule has 2 aliphatic carbocycles. The second-order valence-corrected chi connectivity index (χ2v) is 27.8. The Kier molecular flexibility index (Phi) is 11.5. The van der Waals surface area contributed by atoms with Crippen LogP contribution in [0.3, 0.4) is 0 Å². The predicted octanol–water partition coefficient (Wildman–Crippen LogP) is 5.97. The molecule has 0 amide bonds. The molecule has 250 valence electrons. The van der Waals surface area contributed by atoms with Crippen molar-refractivity contribution in [3.05, 3.63) is 151 Å². The Morgan fingerprint density at radius 1 is 0.604 bits per heavy atom. The van der Waals surface area contributed by atoms with Crippen LogP contribution >= 0.6 is 0 Å². The van der Waals surface area contributed by atoms with Gasteiger partial charge in [0.15, 0.2) is 0 Å². The molecule has 2 aliphatic rings. The molecule has 4 heteroatoms. The van der Waals surface area contributed by atoms with Crippen molar-refractivity contribution in [2.45, 2.75) is 89.5 Å². The van der Waals surface area contributed by atoms with E-state index < -0.39 is 29.3 Å². The molecule has 4 aromatic rings. The van der Waals surface area contributed by atoms with Crippen LogP contribution in [0.25, 0.3) is 11.1 Å². The first-order valence-corrected chi connectivity index (χ1v) is 24.5. The maximum atomic E-state index is 2.67. The summed E-state index contributed by atoms with van der Waals surface area (Å²) in [5.74, 6) is 0.466. The van der Waals surface area contributed by atoms with Crippen molar-refractivity contribution in [2.75, 3.05) is 0 Å². The van der Waals surface area contributed by atoms with E-state index in [9.17, 15) is 0 Å². The van der Waals surface area contributed by atoms with Gasteiger partial charge in [-0.25, -0.2) is 0 Å². The van der Waals surface area contributed by atoms with Crippen LogP contribution in [0.4, 0.5) is 0 Å². The van der Waals surface area contributed by atoms with E-state index in [1.54, 1.807) is 28.4 Å². The van der Waals surface area contributed by atoms with Gasteiger partial charge in [-0.3, -0.25) is 0 Å². The van der Waals surface area contributed by atoms with E-state index in [0.29, 0.717) is 9.54 Å². The average molecular weight is 771 g/mol. The van der Waals surface area contributed by atoms with Crippen LogP contribution < -0.4 is 24.8 Å². The van der Waals surface area contributed by atoms with Crippen LogP contribution in [0.15, 0.2) is 117 Å². The van der Waals surface area contributed by atoms with Crippen molar-refractivity contribution in [3.8, 4) is 11.1 Å². The number of rotatable bonds is 5. The molecule has 0 aliphatic heterocycles. The molecular formula is C44H52Cl2SiZr. The van der Waals surface area contributed by atoms with Gasteiger partial charge in [0.2, 0.25) is 0 Å². The monoisotopic (exact) mass is 768 g/mol. The van der Waals surface area contributed by atoms with Gasteiger partial charge in [0.25, 0.3) is 0 Å². The smallest absolute Gasteiger partial charge is 1.00 e. The Balaban J connectivity index is 0.00000260. The van der Waals surface area contributed by atoms with Crippen LogP contribution in [0.2, 0.25) is 19.6 Å². The van der Waals surface area contributed by atoms with Gasteiger partial charge in [-0.2, -0.15) is 0 Å². The number of benzene rings is 4. The third kappa shape index (κ3) is 7.21. The van der Waals surface area contributed by atoms with Crippen molar-refractivity contribution < 1.29 is 46.1 Å². The third-order valence-corrected chi connectivity index (χ3v) is 21.6.